The molecule has 3 aromatic carbocycles. The van der Waals surface area contributed by atoms with E-state index < -0.39 is 5.97 Å². The van der Waals surface area contributed by atoms with E-state index in [9.17, 15) is 14.4 Å². The highest BCUT2D eigenvalue weighted by Gasteiger charge is 2.25. The van der Waals surface area contributed by atoms with Crippen LogP contribution in [0, 0.1) is 0 Å². The van der Waals surface area contributed by atoms with Crippen LogP contribution in [0.25, 0.3) is 0 Å². The van der Waals surface area contributed by atoms with Gasteiger partial charge in [0.15, 0.2) is 0 Å². The SMILES string of the molecule is CCOc1cc(OCC)cc(C(=O)Nc2cc(C(=O)OC)ccc2N2CCN(C(=O)c3ccccc3)CC2)c1. The van der Waals surface area contributed by atoms with Crippen LogP contribution in [0.15, 0.2) is 66.7 Å². The Morgan fingerprint density at radius 3 is 2.00 bits per heavy atom. The third kappa shape index (κ3) is 6.67. The van der Waals surface area contributed by atoms with E-state index in [1.807, 2.05) is 49.1 Å². The number of carbonyl (C=O) groups is 3. The van der Waals surface area contributed by atoms with Gasteiger partial charge in [-0.2, -0.15) is 0 Å². The minimum absolute atomic E-state index is 0.0101. The minimum atomic E-state index is -0.507. The highest BCUT2D eigenvalue weighted by atomic mass is 16.5. The zero-order valence-corrected chi connectivity index (χ0v) is 22.4. The van der Waals surface area contributed by atoms with Crippen LogP contribution in [0.3, 0.4) is 0 Å². The number of hydrogen-bond donors (Lipinski definition) is 1. The number of piperazine rings is 1. The van der Waals surface area contributed by atoms with Crippen LogP contribution in [0.1, 0.15) is 44.9 Å². The van der Waals surface area contributed by atoms with Gasteiger partial charge in [0.1, 0.15) is 11.5 Å². The summed E-state index contributed by atoms with van der Waals surface area (Å²) in [6, 6.07) is 19.3. The normalized spacial score (nSPS) is 13.0. The van der Waals surface area contributed by atoms with Crippen LogP contribution in [0.2, 0.25) is 0 Å². The van der Waals surface area contributed by atoms with Gasteiger partial charge in [-0.15, -0.1) is 0 Å². The van der Waals surface area contributed by atoms with E-state index in [2.05, 4.69) is 10.2 Å². The van der Waals surface area contributed by atoms with Crippen molar-refractivity contribution in [1.29, 1.82) is 0 Å². The van der Waals surface area contributed by atoms with Gasteiger partial charge in [-0.3, -0.25) is 9.59 Å². The second-order valence-corrected chi connectivity index (χ2v) is 8.88. The van der Waals surface area contributed by atoms with E-state index in [0.717, 1.165) is 5.69 Å². The Labute approximate surface area is 228 Å². The largest absolute Gasteiger partial charge is 0.494 e. The van der Waals surface area contributed by atoms with Crippen LogP contribution < -0.4 is 19.7 Å². The third-order valence-electron chi connectivity index (χ3n) is 6.36. The van der Waals surface area contributed by atoms with E-state index in [0.29, 0.717) is 73.3 Å². The van der Waals surface area contributed by atoms with Crippen molar-refractivity contribution >= 4 is 29.2 Å². The Bertz CT molecular complexity index is 1300. The summed E-state index contributed by atoms with van der Waals surface area (Å²) in [6.07, 6.45) is 0. The van der Waals surface area contributed by atoms with Crippen molar-refractivity contribution in [1.82, 2.24) is 4.90 Å². The molecule has 0 aromatic heterocycles. The number of anilines is 2. The Hall–Kier alpha value is -4.53. The lowest BCUT2D eigenvalue weighted by molar-refractivity contribution is 0.0600. The van der Waals surface area contributed by atoms with Gasteiger partial charge in [0.25, 0.3) is 11.8 Å². The molecule has 0 aliphatic carbocycles. The zero-order valence-electron chi connectivity index (χ0n) is 22.4. The monoisotopic (exact) mass is 531 g/mol. The molecule has 0 bridgehead atoms. The molecule has 1 fully saturated rings. The van der Waals surface area contributed by atoms with Crippen molar-refractivity contribution < 1.29 is 28.6 Å². The summed E-state index contributed by atoms with van der Waals surface area (Å²) in [5, 5.41) is 2.96. The molecule has 1 aliphatic rings. The molecule has 204 valence electrons. The van der Waals surface area contributed by atoms with Crippen LogP contribution >= 0.6 is 0 Å². The second kappa shape index (κ2) is 12.8. The lowest BCUT2D eigenvalue weighted by atomic mass is 10.1. The number of amides is 2. The van der Waals surface area contributed by atoms with Crippen molar-refractivity contribution in [2.24, 2.45) is 0 Å². The quantitative estimate of drug-likeness (QED) is 0.407. The van der Waals surface area contributed by atoms with Crippen molar-refractivity contribution in [2.45, 2.75) is 13.8 Å². The van der Waals surface area contributed by atoms with Crippen molar-refractivity contribution in [3.8, 4) is 11.5 Å². The molecule has 39 heavy (non-hydrogen) atoms. The first-order chi connectivity index (χ1) is 18.9. The highest BCUT2D eigenvalue weighted by molar-refractivity contribution is 6.07. The molecule has 2 amide bonds. The Morgan fingerprint density at radius 2 is 1.41 bits per heavy atom. The highest BCUT2D eigenvalue weighted by Crippen LogP contribution is 2.31. The molecule has 9 heteroatoms. The Morgan fingerprint density at radius 1 is 0.769 bits per heavy atom. The molecule has 0 atom stereocenters. The van der Waals surface area contributed by atoms with Crippen LogP contribution in [0.5, 0.6) is 11.5 Å². The Balaban J connectivity index is 1.57. The number of carbonyl (C=O) groups excluding carboxylic acids is 3. The molecule has 9 nitrogen and oxygen atoms in total. The third-order valence-corrected chi connectivity index (χ3v) is 6.36. The molecule has 1 saturated heterocycles. The van der Waals surface area contributed by atoms with Crippen LogP contribution in [0.4, 0.5) is 11.4 Å². The van der Waals surface area contributed by atoms with Gasteiger partial charge in [-0.05, 0) is 56.3 Å². The Kier molecular flexibility index (Phi) is 9.04. The molecule has 4 rings (SSSR count). The van der Waals surface area contributed by atoms with Gasteiger partial charge in [-0.1, -0.05) is 18.2 Å². The summed E-state index contributed by atoms with van der Waals surface area (Å²) in [7, 11) is 1.31. The lowest BCUT2D eigenvalue weighted by Crippen LogP contribution is -2.49. The number of rotatable bonds is 9. The lowest BCUT2D eigenvalue weighted by Gasteiger charge is -2.37. The summed E-state index contributed by atoms with van der Waals surface area (Å²) >= 11 is 0. The predicted molar refractivity (Wildman–Crippen MR) is 149 cm³/mol. The second-order valence-electron chi connectivity index (χ2n) is 8.88. The number of nitrogens with one attached hydrogen (secondary N) is 1. The van der Waals surface area contributed by atoms with E-state index in [1.165, 1.54) is 7.11 Å². The van der Waals surface area contributed by atoms with Crippen molar-refractivity contribution in [2.75, 3.05) is 56.7 Å². The first kappa shape index (κ1) is 27.5. The van der Waals surface area contributed by atoms with Crippen molar-refractivity contribution in [3.05, 3.63) is 83.4 Å². The number of methoxy groups -OCH3 is 1. The van der Waals surface area contributed by atoms with Crippen molar-refractivity contribution in [3.63, 3.8) is 0 Å². The molecule has 0 spiro atoms. The average molecular weight is 532 g/mol. The number of ether oxygens (including phenoxy) is 3. The zero-order chi connectivity index (χ0) is 27.8. The van der Waals surface area contributed by atoms with E-state index in [1.54, 1.807) is 36.4 Å². The number of hydrogen-bond acceptors (Lipinski definition) is 7. The van der Waals surface area contributed by atoms with Gasteiger partial charge in [0.05, 0.1) is 37.3 Å². The summed E-state index contributed by atoms with van der Waals surface area (Å²) < 4.78 is 16.1. The summed E-state index contributed by atoms with van der Waals surface area (Å²) in [4.78, 5) is 42.5. The number of esters is 1. The van der Waals surface area contributed by atoms with Gasteiger partial charge < -0.3 is 29.3 Å². The number of nitrogens with zero attached hydrogens (tertiary/aromatic N) is 2. The molecule has 0 radical (unpaired) electrons. The standard InChI is InChI=1S/C30H33N3O6/c1-4-38-24-17-23(18-25(20-24)39-5-2)28(34)31-26-19-22(30(36)37-3)11-12-27(26)32-13-15-33(16-14-32)29(35)21-9-7-6-8-10-21/h6-12,17-20H,4-5,13-16H2,1-3H3,(H,31,34). The summed E-state index contributed by atoms with van der Waals surface area (Å²) in [5.74, 6) is 0.155. The van der Waals surface area contributed by atoms with Gasteiger partial charge in [0.2, 0.25) is 0 Å². The maximum absolute atomic E-state index is 13.4. The number of benzene rings is 3. The minimum Gasteiger partial charge on any atom is -0.494 e. The molecule has 1 aliphatic heterocycles. The predicted octanol–water partition coefficient (Wildman–Crippen LogP) is 4.49. The first-order valence-electron chi connectivity index (χ1n) is 13.0. The molecule has 1 heterocycles. The van der Waals surface area contributed by atoms with Crippen LogP contribution in [-0.2, 0) is 4.74 Å². The van der Waals surface area contributed by atoms with Gasteiger partial charge >= 0.3 is 5.97 Å². The topological polar surface area (TPSA) is 97.4 Å². The van der Waals surface area contributed by atoms with Crippen LogP contribution in [-0.4, -0.2) is 69.2 Å². The molecule has 3 aromatic rings. The van der Waals surface area contributed by atoms with Gasteiger partial charge in [0, 0.05) is 43.4 Å². The van der Waals surface area contributed by atoms with E-state index in [-0.39, 0.29) is 11.8 Å². The van der Waals surface area contributed by atoms with Gasteiger partial charge in [-0.25, -0.2) is 4.79 Å². The first-order valence-corrected chi connectivity index (χ1v) is 13.0. The molecular weight excluding hydrogens is 498 g/mol. The fraction of sp³-hybridized carbons (Fsp3) is 0.300. The fourth-order valence-corrected chi connectivity index (χ4v) is 4.47. The maximum Gasteiger partial charge on any atom is 0.337 e. The average Bonchev–Trinajstić information content (AvgIpc) is 2.97. The van der Waals surface area contributed by atoms with E-state index in [4.69, 9.17) is 14.2 Å². The fourth-order valence-electron chi connectivity index (χ4n) is 4.47. The summed E-state index contributed by atoms with van der Waals surface area (Å²) in [6.45, 7) is 6.79. The smallest absolute Gasteiger partial charge is 0.337 e. The summed E-state index contributed by atoms with van der Waals surface area (Å²) in [5.41, 5.74) is 2.53. The maximum atomic E-state index is 13.4. The molecular formula is C30H33N3O6. The molecule has 0 saturated carbocycles. The van der Waals surface area contributed by atoms with E-state index >= 15 is 0 Å². The molecule has 0 unspecified atom stereocenters. The molecule has 1 N–H and O–H groups in total.